The SMILES string of the molecule is CN(C(=O)/C=C/c1ccccc1)c1ccc(O)cc1. The monoisotopic (exact) mass is 253 g/mol. The Kier molecular flexibility index (Phi) is 3.98. The lowest BCUT2D eigenvalue weighted by molar-refractivity contribution is -0.113. The Morgan fingerprint density at radius 1 is 1.05 bits per heavy atom. The standard InChI is InChI=1S/C16H15NO2/c1-17(14-8-10-15(18)11-9-14)16(19)12-7-13-5-3-2-4-6-13/h2-12,18H,1H3/b12-7+. The molecule has 0 fully saturated rings. The lowest BCUT2D eigenvalue weighted by atomic mass is 10.2. The van der Waals surface area contributed by atoms with Gasteiger partial charge in [0.05, 0.1) is 0 Å². The molecule has 1 N–H and O–H groups in total. The predicted octanol–water partition coefficient (Wildman–Crippen LogP) is 3.07. The number of aromatic hydroxyl groups is 1. The Balaban J connectivity index is 2.07. The zero-order chi connectivity index (χ0) is 13.7. The first kappa shape index (κ1) is 12.9. The maximum absolute atomic E-state index is 12.0. The van der Waals surface area contributed by atoms with Crippen molar-refractivity contribution in [3.8, 4) is 5.75 Å². The number of phenols is 1. The van der Waals surface area contributed by atoms with E-state index in [4.69, 9.17) is 0 Å². The molecule has 3 heteroatoms. The van der Waals surface area contributed by atoms with Crippen molar-refractivity contribution in [3.05, 3.63) is 66.2 Å². The van der Waals surface area contributed by atoms with Crippen LogP contribution in [0.4, 0.5) is 5.69 Å². The van der Waals surface area contributed by atoms with Crippen LogP contribution in [0.5, 0.6) is 5.75 Å². The third kappa shape index (κ3) is 3.45. The first-order chi connectivity index (χ1) is 9.16. The van der Waals surface area contributed by atoms with Crippen LogP contribution in [0.1, 0.15) is 5.56 Å². The molecular weight excluding hydrogens is 238 g/mol. The molecule has 96 valence electrons. The number of rotatable bonds is 3. The van der Waals surface area contributed by atoms with Gasteiger partial charge in [0, 0.05) is 18.8 Å². The summed E-state index contributed by atoms with van der Waals surface area (Å²) in [7, 11) is 1.70. The van der Waals surface area contributed by atoms with Gasteiger partial charge in [-0.1, -0.05) is 30.3 Å². The number of likely N-dealkylation sites (N-methyl/N-ethyl adjacent to an activating group) is 1. The Bertz CT molecular complexity index is 573. The van der Waals surface area contributed by atoms with Crippen LogP contribution in [-0.2, 0) is 4.79 Å². The van der Waals surface area contributed by atoms with Crippen LogP contribution in [0.25, 0.3) is 6.08 Å². The van der Waals surface area contributed by atoms with Gasteiger partial charge < -0.3 is 10.0 Å². The molecule has 0 aliphatic heterocycles. The molecule has 0 spiro atoms. The molecule has 0 aliphatic carbocycles. The lowest BCUT2D eigenvalue weighted by Crippen LogP contribution is -2.23. The molecule has 1 amide bonds. The van der Waals surface area contributed by atoms with E-state index >= 15 is 0 Å². The summed E-state index contributed by atoms with van der Waals surface area (Å²) in [6.45, 7) is 0. The van der Waals surface area contributed by atoms with Gasteiger partial charge in [0.15, 0.2) is 0 Å². The van der Waals surface area contributed by atoms with Gasteiger partial charge in [-0.15, -0.1) is 0 Å². The maximum Gasteiger partial charge on any atom is 0.250 e. The lowest BCUT2D eigenvalue weighted by Gasteiger charge is -2.15. The molecule has 0 aromatic heterocycles. The maximum atomic E-state index is 12.0. The minimum Gasteiger partial charge on any atom is -0.508 e. The van der Waals surface area contributed by atoms with E-state index < -0.39 is 0 Å². The first-order valence-electron chi connectivity index (χ1n) is 5.96. The quantitative estimate of drug-likeness (QED) is 0.854. The number of anilines is 1. The summed E-state index contributed by atoms with van der Waals surface area (Å²) >= 11 is 0. The molecule has 0 unspecified atom stereocenters. The van der Waals surface area contributed by atoms with Crippen LogP contribution in [0.3, 0.4) is 0 Å². The van der Waals surface area contributed by atoms with Gasteiger partial charge in [-0.3, -0.25) is 4.79 Å². The van der Waals surface area contributed by atoms with Crippen molar-refractivity contribution >= 4 is 17.7 Å². The summed E-state index contributed by atoms with van der Waals surface area (Å²) in [6, 6.07) is 16.2. The topological polar surface area (TPSA) is 40.5 Å². The smallest absolute Gasteiger partial charge is 0.250 e. The number of nitrogens with zero attached hydrogens (tertiary/aromatic N) is 1. The van der Waals surface area contributed by atoms with Crippen LogP contribution in [-0.4, -0.2) is 18.1 Å². The second-order valence-electron chi connectivity index (χ2n) is 4.16. The van der Waals surface area contributed by atoms with Gasteiger partial charge in [0.25, 0.3) is 5.91 Å². The van der Waals surface area contributed by atoms with Gasteiger partial charge in [0.2, 0.25) is 0 Å². The highest BCUT2D eigenvalue weighted by Gasteiger charge is 2.06. The van der Waals surface area contributed by atoms with Crippen molar-refractivity contribution < 1.29 is 9.90 Å². The highest BCUT2D eigenvalue weighted by atomic mass is 16.3. The molecular formula is C16H15NO2. The fourth-order valence-corrected chi connectivity index (χ4v) is 1.65. The number of benzene rings is 2. The second kappa shape index (κ2) is 5.87. The molecule has 0 radical (unpaired) electrons. The van der Waals surface area contributed by atoms with Gasteiger partial charge in [-0.25, -0.2) is 0 Å². The largest absolute Gasteiger partial charge is 0.508 e. The van der Waals surface area contributed by atoms with Crippen LogP contribution in [0, 0.1) is 0 Å². The Labute approximate surface area is 112 Å². The van der Waals surface area contributed by atoms with Crippen LogP contribution in [0.2, 0.25) is 0 Å². The van der Waals surface area contributed by atoms with Crippen molar-refractivity contribution in [2.75, 3.05) is 11.9 Å². The highest BCUT2D eigenvalue weighted by molar-refractivity contribution is 6.03. The fourth-order valence-electron chi connectivity index (χ4n) is 1.65. The number of amides is 1. The van der Waals surface area contributed by atoms with Gasteiger partial charge in [-0.05, 0) is 35.9 Å². The van der Waals surface area contributed by atoms with Crippen molar-refractivity contribution in [1.29, 1.82) is 0 Å². The summed E-state index contributed by atoms with van der Waals surface area (Å²) in [5, 5.41) is 9.21. The minimum absolute atomic E-state index is 0.116. The molecule has 2 aromatic carbocycles. The Morgan fingerprint density at radius 3 is 2.32 bits per heavy atom. The summed E-state index contributed by atoms with van der Waals surface area (Å²) in [5.41, 5.74) is 1.72. The van der Waals surface area contributed by atoms with Crippen molar-refractivity contribution in [3.63, 3.8) is 0 Å². The van der Waals surface area contributed by atoms with Crippen molar-refractivity contribution in [2.45, 2.75) is 0 Å². The summed E-state index contributed by atoms with van der Waals surface area (Å²) < 4.78 is 0. The fraction of sp³-hybridized carbons (Fsp3) is 0.0625. The Hall–Kier alpha value is -2.55. The molecule has 0 saturated heterocycles. The zero-order valence-corrected chi connectivity index (χ0v) is 10.7. The molecule has 0 saturated carbocycles. The van der Waals surface area contributed by atoms with Gasteiger partial charge >= 0.3 is 0 Å². The predicted molar refractivity (Wildman–Crippen MR) is 77.0 cm³/mol. The average molecular weight is 253 g/mol. The van der Waals surface area contributed by atoms with Crippen LogP contribution in [0.15, 0.2) is 60.7 Å². The summed E-state index contributed by atoms with van der Waals surface area (Å²) in [4.78, 5) is 13.5. The van der Waals surface area contributed by atoms with Gasteiger partial charge in [0.1, 0.15) is 5.75 Å². The van der Waals surface area contributed by atoms with Crippen LogP contribution < -0.4 is 4.90 Å². The van der Waals surface area contributed by atoms with E-state index in [1.165, 1.54) is 11.0 Å². The summed E-state index contributed by atoms with van der Waals surface area (Å²) in [5.74, 6) is 0.0685. The molecule has 0 bridgehead atoms. The molecule has 0 heterocycles. The first-order valence-corrected chi connectivity index (χ1v) is 5.96. The Morgan fingerprint density at radius 2 is 1.68 bits per heavy atom. The number of carbonyl (C=O) groups is 1. The number of hydrogen-bond donors (Lipinski definition) is 1. The van der Waals surface area contributed by atoms with Crippen molar-refractivity contribution in [1.82, 2.24) is 0 Å². The van der Waals surface area contributed by atoms with E-state index in [0.29, 0.717) is 0 Å². The van der Waals surface area contributed by atoms with E-state index in [0.717, 1.165) is 11.3 Å². The minimum atomic E-state index is -0.116. The molecule has 2 rings (SSSR count). The van der Waals surface area contributed by atoms with E-state index in [9.17, 15) is 9.90 Å². The zero-order valence-electron chi connectivity index (χ0n) is 10.7. The normalized spacial score (nSPS) is 10.6. The number of carbonyl (C=O) groups excluding carboxylic acids is 1. The summed E-state index contributed by atoms with van der Waals surface area (Å²) in [6.07, 6.45) is 3.31. The third-order valence-electron chi connectivity index (χ3n) is 2.79. The highest BCUT2D eigenvalue weighted by Crippen LogP contribution is 2.17. The van der Waals surface area contributed by atoms with E-state index in [-0.39, 0.29) is 11.7 Å². The second-order valence-corrected chi connectivity index (χ2v) is 4.16. The molecule has 2 aromatic rings. The molecule has 0 atom stereocenters. The molecule has 19 heavy (non-hydrogen) atoms. The van der Waals surface area contributed by atoms with E-state index in [1.807, 2.05) is 30.3 Å². The number of phenolic OH excluding ortho intramolecular Hbond substituents is 1. The van der Waals surface area contributed by atoms with Gasteiger partial charge in [-0.2, -0.15) is 0 Å². The van der Waals surface area contributed by atoms with Crippen LogP contribution >= 0.6 is 0 Å². The third-order valence-corrected chi connectivity index (χ3v) is 2.79. The molecule has 0 aliphatic rings. The molecule has 3 nitrogen and oxygen atoms in total. The van der Waals surface area contributed by atoms with Crippen molar-refractivity contribution in [2.24, 2.45) is 0 Å². The average Bonchev–Trinajstić information content (AvgIpc) is 2.46. The van der Waals surface area contributed by atoms with E-state index in [1.54, 1.807) is 37.4 Å². The van der Waals surface area contributed by atoms with E-state index in [2.05, 4.69) is 0 Å². The number of hydrogen-bond acceptors (Lipinski definition) is 2.